The first-order valence-corrected chi connectivity index (χ1v) is 9.85. The zero-order valence-electron chi connectivity index (χ0n) is 11.4. The third kappa shape index (κ3) is 2.69. The first kappa shape index (κ1) is 13.0. The summed E-state index contributed by atoms with van der Waals surface area (Å²) in [6.45, 7) is 9.05. The normalized spacial score (nSPS) is 20.3. The second-order valence-electron chi connectivity index (χ2n) is 5.96. The lowest BCUT2D eigenvalue weighted by Gasteiger charge is -2.21. The minimum Gasteiger partial charge on any atom is -0.273 e. The Bertz CT molecular complexity index is 486. The van der Waals surface area contributed by atoms with Crippen LogP contribution in [0.15, 0.2) is 29.4 Å². The SMILES string of the molecule is C[C@@H]1CC(=O)NN=C1c1ccc([Si](C)(C)C)cc1. The van der Waals surface area contributed by atoms with E-state index >= 15 is 0 Å². The number of carbonyl (C=O) groups excluding carboxylic acids is 1. The van der Waals surface area contributed by atoms with Crippen LogP contribution in [-0.4, -0.2) is 19.7 Å². The molecule has 0 bridgehead atoms. The number of hydrogen-bond donors (Lipinski definition) is 1. The maximum atomic E-state index is 11.2. The van der Waals surface area contributed by atoms with Gasteiger partial charge in [0.15, 0.2) is 0 Å². The third-order valence-corrected chi connectivity index (χ3v) is 5.37. The summed E-state index contributed by atoms with van der Waals surface area (Å²) in [5.74, 6) is 0.196. The van der Waals surface area contributed by atoms with Crippen molar-refractivity contribution in [2.75, 3.05) is 0 Å². The second kappa shape index (κ2) is 4.69. The van der Waals surface area contributed by atoms with Crippen LogP contribution in [0.25, 0.3) is 0 Å². The molecule has 1 heterocycles. The summed E-state index contributed by atoms with van der Waals surface area (Å²) in [6.07, 6.45) is 0.522. The van der Waals surface area contributed by atoms with Crippen LogP contribution in [0.5, 0.6) is 0 Å². The molecule has 1 N–H and O–H groups in total. The Labute approximate surface area is 109 Å². The summed E-state index contributed by atoms with van der Waals surface area (Å²) < 4.78 is 0. The highest BCUT2D eigenvalue weighted by atomic mass is 28.3. The molecule has 1 aromatic carbocycles. The van der Waals surface area contributed by atoms with Crippen molar-refractivity contribution >= 4 is 24.9 Å². The van der Waals surface area contributed by atoms with Gasteiger partial charge in [0.05, 0.1) is 13.8 Å². The summed E-state index contributed by atoms with van der Waals surface area (Å²) in [6, 6.07) is 8.65. The first-order chi connectivity index (χ1) is 8.38. The summed E-state index contributed by atoms with van der Waals surface area (Å²) in [5.41, 5.74) is 4.66. The van der Waals surface area contributed by atoms with E-state index < -0.39 is 8.07 Å². The Balaban J connectivity index is 2.28. The number of amides is 1. The van der Waals surface area contributed by atoms with Gasteiger partial charge >= 0.3 is 0 Å². The molecule has 0 saturated heterocycles. The molecule has 1 atom stereocenters. The van der Waals surface area contributed by atoms with Gasteiger partial charge in [0.25, 0.3) is 0 Å². The van der Waals surface area contributed by atoms with Crippen molar-refractivity contribution in [3.05, 3.63) is 29.8 Å². The molecule has 1 aliphatic rings. The van der Waals surface area contributed by atoms with Gasteiger partial charge in [-0.1, -0.05) is 56.0 Å². The Kier molecular flexibility index (Phi) is 3.39. The van der Waals surface area contributed by atoms with E-state index in [9.17, 15) is 4.79 Å². The maximum absolute atomic E-state index is 11.2. The molecular formula is C14H20N2OSi. The molecule has 0 fully saturated rings. The zero-order valence-corrected chi connectivity index (χ0v) is 12.4. The van der Waals surface area contributed by atoms with Gasteiger partial charge in [-0.2, -0.15) is 5.10 Å². The van der Waals surface area contributed by atoms with Crippen molar-refractivity contribution in [1.29, 1.82) is 0 Å². The molecule has 1 amide bonds. The predicted molar refractivity (Wildman–Crippen MR) is 77.9 cm³/mol. The molecule has 1 aliphatic heterocycles. The van der Waals surface area contributed by atoms with Gasteiger partial charge < -0.3 is 0 Å². The number of hydrogen-bond acceptors (Lipinski definition) is 2. The average Bonchev–Trinajstić information content (AvgIpc) is 2.28. The fourth-order valence-corrected chi connectivity index (χ4v) is 3.31. The zero-order chi connectivity index (χ0) is 13.3. The Morgan fingerprint density at radius 2 is 1.83 bits per heavy atom. The molecule has 18 heavy (non-hydrogen) atoms. The molecule has 0 aliphatic carbocycles. The Hall–Kier alpha value is -1.42. The van der Waals surface area contributed by atoms with Crippen LogP contribution < -0.4 is 10.6 Å². The predicted octanol–water partition coefficient (Wildman–Crippen LogP) is 2.09. The lowest BCUT2D eigenvalue weighted by molar-refractivity contribution is -0.121. The van der Waals surface area contributed by atoms with E-state index in [1.165, 1.54) is 5.19 Å². The van der Waals surface area contributed by atoms with Gasteiger partial charge in [-0.05, 0) is 5.56 Å². The molecule has 0 radical (unpaired) electrons. The van der Waals surface area contributed by atoms with Gasteiger partial charge in [0.2, 0.25) is 5.91 Å². The van der Waals surface area contributed by atoms with Crippen LogP contribution in [-0.2, 0) is 4.79 Å². The Morgan fingerprint density at radius 1 is 1.22 bits per heavy atom. The molecule has 96 valence electrons. The molecule has 1 aromatic rings. The molecule has 2 rings (SSSR count). The fourth-order valence-electron chi connectivity index (χ4n) is 2.14. The van der Waals surface area contributed by atoms with E-state index in [-0.39, 0.29) is 11.8 Å². The highest BCUT2D eigenvalue weighted by Crippen LogP contribution is 2.16. The number of benzene rings is 1. The summed E-state index contributed by atoms with van der Waals surface area (Å²) in [4.78, 5) is 11.2. The molecule has 4 heteroatoms. The maximum Gasteiger partial charge on any atom is 0.240 e. The number of rotatable bonds is 2. The van der Waals surface area contributed by atoms with Crippen LogP contribution in [0, 0.1) is 5.92 Å². The van der Waals surface area contributed by atoms with Gasteiger partial charge in [-0.25, -0.2) is 5.43 Å². The lowest BCUT2D eigenvalue weighted by atomic mass is 9.94. The van der Waals surface area contributed by atoms with Crippen molar-refractivity contribution in [1.82, 2.24) is 5.43 Å². The van der Waals surface area contributed by atoms with Crippen LogP contribution in [0.4, 0.5) is 0 Å². The molecule has 0 saturated carbocycles. The first-order valence-electron chi connectivity index (χ1n) is 6.35. The minimum absolute atomic E-state index is 0.00460. The van der Waals surface area contributed by atoms with Crippen molar-refractivity contribution < 1.29 is 4.79 Å². The Morgan fingerprint density at radius 3 is 2.33 bits per heavy atom. The average molecular weight is 260 g/mol. The van der Waals surface area contributed by atoms with Crippen LogP contribution >= 0.6 is 0 Å². The largest absolute Gasteiger partial charge is 0.273 e. The van der Waals surface area contributed by atoms with Gasteiger partial charge in [-0.15, -0.1) is 0 Å². The number of carbonyl (C=O) groups is 1. The smallest absolute Gasteiger partial charge is 0.240 e. The summed E-state index contributed by atoms with van der Waals surface area (Å²) >= 11 is 0. The molecule has 3 nitrogen and oxygen atoms in total. The van der Waals surface area contributed by atoms with Crippen molar-refractivity contribution in [2.45, 2.75) is 33.0 Å². The minimum atomic E-state index is -1.24. The van der Waals surface area contributed by atoms with E-state index in [4.69, 9.17) is 0 Å². The van der Waals surface area contributed by atoms with E-state index in [1.54, 1.807) is 0 Å². The summed E-state index contributed by atoms with van der Waals surface area (Å²) in [7, 11) is -1.24. The van der Waals surface area contributed by atoms with Crippen molar-refractivity contribution in [3.63, 3.8) is 0 Å². The van der Waals surface area contributed by atoms with Crippen LogP contribution in [0.2, 0.25) is 19.6 Å². The molecule has 0 spiro atoms. The molecule has 0 aromatic heterocycles. The fraction of sp³-hybridized carbons (Fsp3) is 0.429. The third-order valence-electron chi connectivity index (χ3n) is 3.31. The lowest BCUT2D eigenvalue weighted by Crippen LogP contribution is -2.37. The van der Waals surface area contributed by atoms with Gasteiger partial charge in [-0.3, -0.25) is 4.79 Å². The molecular weight excluding hydrogens is 240 g/mol. The van der Waals surface area contributed by atoms with Crippen LogP contribution in [0.1, 0.15) is 18.9 Å². The number of nitrogens with one attached hydrogen (secondary N) is 1. The topological polar surface area (TPSA) is 41.5 Å². The standard InChI is InChI=1S/C14H20N2OSi/c1-10-9-13(17)15-16-14(10)11-5-7-12(8-6-11)18(2,3)4/h5-8,10H,9H2,1-4H3,(H,15,17)/t10-/m1/s1. The van der Waals surface area contributed by atoms with E-state index in [0.717, 1.165) is 11.3 Å². The summed E-state index contributed by atoms with van der Waals surface area (Å²) in [5, 5.41) is 5.63. The molecule has 0 unspecified atom stereocenters. The number of nitrogens with zero attached hydrogens (tertiary/aromatic N) is 1. The quantitative estimate of drug-likeness (QED) is 0.813. The van der Waals surface area contributed by atoms with Gasteiger partial charge in [0, 0.05) is 12.3 Å². The van der Waals surface area contributed by atoms with Gasteiger partial charge in [0.1, 0.15) is 0 Å². The highest BCUT2D eigenvalue weighted by Gasteiger charge is 2.22. The van der Waals surface area contributed by atoms with Crippen LogP contribution in [0.3, 0.4) is 0 Å². The second-order valence-corrected chi connectivity index (χ2v) is 11.0. The van der Waals surface area contributed by atoms with E-state index in [1.807, 2.05) is 6.92 Å². The van der Waals surface area contributed by atoms with E-state index in [0.29, 0.717) is 6.42 Å². The number of hydrazone groups is 1. The van der Waals surface area contributed by atoms with Crippen molar-refractivity contribution in [3.8, 4) is 0 Å². The van der Waals surface area contributed by atoms with Crippen molar-refractivity contribution in [2.24, 2.45) is 11.0 Å². The van der Waals surface area contributed by atoms with E-state index in [2.05, 4.69) is 54.4 Å². The monoisotopic (exact) mass is 260 g/mol. The highest BCUT2D eigenvalue weighted by molar-refractivity contribution is 6.88.